The van der Waals surface area contributed by atoms with E-state index in [9.17, 15) is 9.59 Å². The maximum absolute atomic E-state index is 12.0. The highest BCUT2D eigenvalue weighted by Gasteiger charge is 2.12. The molecule has 0 atom stereocenters. The van der Waals surface area contributed by atoms with Crippen molar-refractivity contribution < 1.29 is 9.53 Å². The average Bonchev–Trinajstić information content (AvgIpc) is 2.41. The lowest BCUT2D eigenvalue weighted by Crippen LogP contribution is -2.18. The number of carbonyl (C=O) groups is 1. The number of amides is 1. The van der Waals surface area contributed by atoms with Gasteiger partial charge in [0.05, 0.1) is 17.3 Å². The second kappa shape index (κ2) is 6.23. The van der Waals surface area contributed by atoms with E-state index < -0.39 is 5.91 Å². The Balaban J connectivity index is 2.30. The molecule has 0 fully saturated rings. The van der Waals surface area contributed by atoms with Gasteiger partial charge < -0.3 is 15.0 Å². The molecule has 20 heavy (non-hydrogen) atoms. The van der Waals surface area contributed by atoms with Crippen LogP contribution in [0.25, 0.3) is 0 Å². The van der Waals surface area contributed by atoms with Crippen molar-refractivity contribution in [2.24, 2.45) is 0 Å². The second-order valence-electron chi connectivity index (χ2n) is 3.85. The molecule has 0 saturated carbocycles. The monoisotopic (exact) mass is 400 g/mol. The van der Waals surface area contributed by atoms with Gasteiger partial charge in [0.15, 0.2) is 0 Å². The molecule has 5 nitrogen and oxygen atoms in total. The summed E-state index contributed by atoms with van der Waals surface area (Å²) in [5.74, 6) is 0.179. The molecule has 2 aromatic rings. The van der Waals surface area contributed by atoms with Crippen LogP contribution in [-0.2, 0) is 0 Å². The highest BCUT2D eigenvalue weighted by molar-refractivity contribution is 9.11. The normalized spacial score (nSPS) is 10.2. The number of hydrogen-bond acceptors (Lipinski definition) is 3. The van der Waals surface area contributed by atoms with Gasteiger partial charge in [0.25, 0.3) is 5.91 Å². The topological polar surface area (TPSA) is 71.2 Å². The van der Waals surface area contributed by atoms with Crippen LogP contribution in [0.3, 0.4) is 0 Å². The zero-order chi connectivity index (χ0) is 14.7. The SMILES string of the molecule is COc1cc(NC(=O)c2cccc(=O)[nH]2)c(Br)cc1Br. The van der Waals surface area contributed by atoms with E-state index in [2.05, 4.69) is 42.2 Å². The van der Waals surface area contributed by atoms with Gasteiger partial charge in [0, 0.05) is 16.6 Å². The lowest BCUT2D eigenvalue weighted by Gasteiger charge is -2.10. The lowest BCUT2D eigenvalue weighted by molar-refractivity contribution is 0.102. The molecule has 104 valence electrons. The summed E-state index contributed by atoms with van der Waals surface area (Å²) < 4.78 is 6.62. The Bertz CT molecular complexity index is 713. The number of methoxy groups -OCH3 is 1. The number of aromatic amines is 1. The van der Waals surface area contributed by atoms with E-state index in [4.69, 9.17) is 4.74 Å². The van der Waals surface area contributed by atoms with Crippen molar-refractivity contribution in [1.82, 2.24) is 4.98 Å². The summed E-state index contributed by atoms with van der Waals surface area (Å²) in [5.41, 5.74) is 0.399. The van der Waals surface area contributed by atoms with Crippen LogP contribution in [0.15, 0.2) is 44.1 Å². The van der Waals surface area contributed by atoms with Crippen LogP contribution in [0.1, 0.15) is 10.5 Å². The van der Waals surface area contributed by atoms with Crippen molar-refractivity contribution >= 4 is 43.5 Å². The van der Waals surface area contributed by atoms with E-state index in [1.165, 1.54) is 25.3 Å². The molecule has 0 aliphatic heterocycles. The second-order valence-corrected chi connectivity index (χ2v) is 5.56. The third kappa shape index (κ3) is 3.29. The molecule has 2 N–H and O–H groups in total. The predicted octanol–water partition coefficient (Wildman–Crippen LogP) is 3.16. The number of pyridine rings is 1. The number of anilines is 1. The van der Waals surface area contributed by atoms with Gasteiger partial charge in [0.1, 0.15) is 11.4 Å². The van der Waals surface area contributed by atoms with Crippen molar-refractivity contribution in [3.8, 4) is 5.75 Å². The van der Waals surface area contributed by atoms with Gasteiger partial charge in [-0.25, -0.2) is 0 Å². The Morgan fingerprint density at radius 1 is 1.25 bits per heavy atom. The molecule has 0 aliphatic rings. The molecule has 0 aliphatic carbocycles. The molecule has 1 aromatic carbocycles. The first kappa shape index (κ1) is 14.8. The number of aromatic nitrogens is 1. The zero-order valence-corrected chi connectivity index (χ0v) is 13.5. The third-order valence-electron chi connectivity index (χ3n) is 2.50. The lowest BCUT2D eigenvalue weighted by atomic mass is 10.2. The summed E-state index contributed by atoms with van der Waals surface area (Å²) in [6.45, 7) is 0. The number of halogens is 2. The van der Waals surface area contributed by atoms with Gasteiger partial charge in [0.2, 0.25) is 5.56 Å². The summed E-state index contributed by atoms with van der Waals surface area (Å²) in [5, 5.41) is 2.70. The Morgan fingerprint density at radius 2 is 2.00 bits per heavy atom. The molecule has 1 heterocycles. The third-order valence-corrected chi connectivity index (χ3v) is 3.78. The predicted molar refractivity (Wildman–Crippen MR) is 83.4 cm³/mol. The minimum absolute atomic E-state index is 0.186. The Labute approximate surface area is 131 Å². The highest BCUT2D eigenvalue weighted by atomic mass is 79.9. The quantitative estimate of drug-likeness (QED) is 0.829. The summed E-state index contributed by atoms with van der Waals surface area (Å²) in [7, 11) is 1.54. The number of hydrogen-bond donors (Lipinski definition) is 2. The zero-order valence-electron chi connectivity index (χ0n) is 10.4. The van der Waals surface area contributed by atoms with E-state index in [0.29, 0.717) is 15.9 Å². The standard InChI is InChI=1S/C13H10Br2N2O3/c1-20-11-6-10(7(14)5-8(11)15)17-13(19)9-3-2-4-12(18)16-9/h2-6H,1H3,(H,16,18)(H,17,19). The fourth-order valence-electron chi connectivity index (χ4n) is 1.55. The summed E-state index contributed by atoms with van der Waals surface area (Å²) in [6.07, 6.45) is 0. The van der Waals surface area contributed by atoms with E-state index in [-0.39, 0.29) is 11.3 Å². The molecule has 0 radical (unpaired) electrons. The molecule has 7 heteroatoms. The highest BCUT2D eigenvalue weighted by Crippen LogP contribution is 2.34. The minimum atomic E-state index is -0.409. The summed E-state index contributed by atoms with van der Waals surface area (Å²) >= 11 is 6.70. The average molecular weight is 402 g/mol. The number of benzene rings is 1. The van der Waals surface area contributed by atoms with Gasteiger partial charge >= 0.3 is 0 Å². The van der Waals surface area contributed by atoms with Crippen molar-refractivity contribution in [1.29, 1.82) is 0 Å². The van der Waals surface area contributed by atoms with Crippen molar-refractivity contribution in [2.75, 3.05) is 12.4 Å². The van der Waals surface area contributed by atoms with Crippen LogP contribution in [0.2, 0.25) is 0 Å². The van der Waals surface area contributed by atoms with Gasteiger partial charge in [-0.2, -0.15) is 0 Å². The number of carbonyl (C=O) groups excluding carboxylic acids is 1. The Hall–Kier alpha value is -1.60. The molecule has 0 unspecified atom stereocenters. The summed E-state index contributed by atoms with van der Waals surface area (Å²) in [6, 6.07) is 7.83. The largest absolute Gasteiger partial charge is 0.495 e. The number of H-pyrrole nitrogens is 1. The first-order valence-electron chi connectivity index (χ1n) is 5.55. The molecular weight excluding hydrogens is 392 g/mol. The van der Waals surface area contributed by atoms with Crippen molar-refractivity contribution in [2.45, 2.75) is 0 Å². The Kier molecular flexibility index (Phi) is 4.61. The molecule has 1 aromatic heterocycles. The van der Waals surface area contributed by atoms with Crippen LogP contribution in [-0.4, -0.2) is 18.0 Å². The first-order chi connectivity index (χ1) is 9.51. The van der Waals surface area contributed by atoms with Crippen LogP contribution in [0.5, 0.6) is 5.75 Å². The fourth-order valence-corrected chi connectivity index (χ4v) is 2.81. The smallest absolute Gasteiger partial charge is 0.272 e. The van der Waals surface area contributed by atoms with E-state index >= 15 is 0 Å². The van der Waals surface area contributed by atoms with Crippen molar-refractivity contribution in [3.05, 3.63) is 55.3 Å². The van der Waals surface area contributed by atoms with Crippen LogP contribution < -0.4 is 15.6 Å². The van der Waals surface area contributed by atoms with E-state index in [1.807, 2.05) is 0 Å². The van der Waals surface area contributed by atoms with Crippen LogP contribution in [0, 0.1) is 0 Å². The molecule has 2 rings (SSSR count). The Morgan fingerprint density at radius 3 is 2.65 bits per heavy atom. The summed E-state index contributed by atoms with van der Waals surface area (Å²) in [4.78, 5) is 25.7. The molecule has 0 spiro atoms. The van der Waals surface area contributed by atoms with Gasteiger partial charge in [-0.3, -0.25) is 9.59 Å². The van der Waals surface area contributed by atoms with E-state index in [0.717, 1.165) is 4.47 Å². The van der Waals surface area contributed by atoms with Gasteiger partial charge in [-0.1, -0.05) is 6.07 Å². The van der Waals surface area contributed by atoms with Gasteiger partial charge in [-0.15, -0.1) is 0 Å². The fraction of sp³-hybridized carbons (Fsp3) is 0.0769. The van der Waals surface area contributed by atoms with Gasteiger partial charge in [-0.05, 0) is 44.0 Å². The molecule has 0 saturated heterocycles. The number of nitrogens with one attached hydrogen (secondary N) is 2. The minimum Gasteiger partial charge on any atom is -0.495 e. The molecule has 1 amide bonds. The number of ether oxygens (including phenoxy) is 1. The van der Waals surface area contributed by atoms with Crippen LogP contribution >= 0.6 is 31.9 Å². The maximum atomic E-state index is 12.0. The van der Waals surface area contributed by atoms with E-state index in [1.54, 1.807) is 12.1 Å². The van der Waals surface area contributed by atoms with Crippen LogP contribution in [0.4, 0.5) is 5.69 Å². The maximum Gasteiger partial charge on any atom is 0.272 e. The van der Waals surface area contributed by atoms with Crippen molar-refractivity contribution in [3.63, 3.8) is 0 Å². The molecule has 0 bridgehead atoms. The number of rotatable bonds is 3. The first-order valence-corrected chi connectivity index (χ1v) is 7.13. The molecular formula is C13H10Br2N2O3.